The molecule has 0 radical (unpaired) electrons. The normalized spacial score (nSPS) is 30.5. The molecule has 2 N–H and O–H groups in total. The molecular formula is C23H26FN3S. The quantitative estimate of drug-likeness (QED) is 0.648. The second-order valence-electron chi connectivity index (χ2n) is 8.78. The number of hydrogen-bond acceptors (Lipinski definition) is 3. The molecule has 1 aliphatic carbocycles. The Morgan fingerprint density at radius 2 is 1.93 bits per heavy atom. The van der Waals surface area contributed by atoms with Crippen LogP contribution in [-0.4, -0.2) is 29.5 Å². The minimum absolute atomic E-state index is 0.00864. The predicted molar refractivity (Wildman–Crippen MR) is 112 cm³/mol. The Hall–Kier alpha value is -1.69. The predicted octanol–water partition coefficient (Wildman–Crippen LogP) is 4.88. The molecule has 3 aliphatic rings. The molecule has 1 saturated heterocycles. The van der Waals surface area contributed by atoms with Crippen LogP contribution in [0.4, 0.5) is 4.39 Å². The number of aromatic amines is 1. The Morgan fingerprint density at radius 1 is 1.07 bits per heavy atom. The van der Waals surface area contributed by atoms with Crippen LogP contribution >= 0.6 is 11.3 Å². The van der Waals surface area contributed by atoms with Crippen molar-refractivity contribution in [3.63, 3.8) is 0 Å². The maximum Gasteiger partial charge on any atom is 0.123 e. The number of benzene rings is 1. The third kappa shape index (κ3) is 2.33. The smallest absolute Gasteiger partial charge is 0.123 e. The van der Waals surface area contributed by atoms with E-state index < -0.39 is 0 Å². The summed E-state index contributed by atoms with van der Waals surface area (Å²) >= 11 is 1.92. The fourth-order valence-electron chi connectivity index (χ4n) is 5.93. The van der Waals surface area contributed by atoms with Gasteiger partial charge in [-0.05, 0) is 73.7 Å². The molecule has 2 aliphatic heterocycles. The van der Waals surface area contributed by atoms with Gasteiger partial charge in [0, 0.05) is 41.1 Å². The van der Waals surface area contributed by atoms with Crippen LogP contribution in [0, 0.1) is 5.82 Å². The number of nitrogens with zero attached hydrogens (tertiary/aromatic N) is 1. The van der Waals surface area contributed by atoms with Crippen molar-refractivity contribution >= 4 is 22.2 Å². The van der Waals surface area contributed by atoms with Crippen molar-refractivity contribution in [3.8, 4) is 0 Å². The first kappa shape index (κ1) is 17.2. The van der Waals surface area contributed by atoms with Gasteiger partial charge < -0.3 is 10.3 Å². The van der Waals surface area contributed by atoms with Gasteiger partial charge in [-0.25, -0.2) is 4.39 Å². The van der Waals surface area contributed by atoms with Crippen molar-refractivity contribution in [1.82, 2.24) is 15.2 Å². The number of rotatable bonds is 2. The molecule has 3 nitrogen and oxygen atoms in total. The lowest BCUT2D eigenvalue weighted by atomic mass is 9.67. The van der Waals surface area contributed by atoms with Crippen molar-refractivity contribution in [1.29, 1.82) is 0 Å². The van der Waals surface area contributed by atoms with Crippen LogP contribution in [-0.2, 0) is 17.5 Å². The average molecular weight is 396 g/mol. The SMILES string of the molecule is Fc1ccc2[nH]c3c(c2c1)CCNC31CCC(c2cccs2)(N2CCC2)CC1. The summed E-state index contributed by atoms with van der Waals surface area (Å²) < 4.78 is 13.9. The van der Waals surface area contributed by atoms with E-state index in [0.717, 1.165) is 36.7 Å². The Labute approximate surface area is 168 Å². The molecule has 0 amide bonds. The molecule has 2 aromatic heterocycles. The molecule has 3 aromatic rings. The molecular weight excluding hydrogens is 369 g/mol. The number of nitrogens with one attached hydrogen (secondary N) is 2. The van der Waals surface area contributed by atoms with E-state index in [-0.39, 0.29) is 16.9 Å². The summed E-state index contributed by atoms with van der Waals surface area (Å²) in [7, 11) is 0. The van der Waals surface area contributed by atoms with Gasteiger partial charge in [-0.15, -0.1) is 11.3 Å². The summed E-state index contributed by atoms with van der Waals surface area (Å²) in [6.45, 7) is 3.44. The maximum atomic E-state index is 13.9. The zero-order valence-corrected chi connectivity index (χ0v) is 16.9. The molecule has 4 heterocycles. The zero-order valence-electron chi connectivity index (χ0n) is 16.1. The molecule has 2 fully saturated rings. The Balaban J connectivity index is 1.39. The Bertz CT molecular complexity index is 1010. The number of aromatic nitrogens is 1. The van der Waals surface area contributed by atoms with Crippen molar-refractivity contribution in [3.05, 3.63) is 57.7 Å². The minimum Gasteiger partial charge on any atom is -0.357 e. The van der Waals surface area contributed by atoms with Crippen molar-refractivity contribution in [2.75, 3.05) is 19.6 Å². The lowest BCUT2D eigenvalue weighted by Crippen LogP contribution is -2.59. The molecule has 146 valence electrons. The second kappa shape index (κ2) is 6.15. The van der Waals surface area contributed by atoms with Gasteiger partial charge in [0.05, 0.1) is 11.1 Å². The standard InChI is InChI=1S/C23H26FN3S/c24-16-4-5-19-18(15-16)17-6-11-25-22(21(17)26-19)7-9-23(10-8-22,27-12-2-13-27)20-3-1-14-28-20/h1,3-5,14-15,25-26H,2,6-13H2. The van der Waals surface area contributed by atoms with Gasteiger partial charge in [0.25, 0.3) is 0 Å². The molecule has 28 heavy (non-hydrogen) atoms. The fourth-order valence-corrected chi connectivity index (χ4v) is 6.94. The largest absolute Gasteiger partial charge is 0.357 e. The van der Waals surface area contributed by atoms with Crippen LogP contribution in [0.5, 0.6) is 0 Å². The number of thiophene rings is 1. The summed E-state index contributed by atoms with van der Waals surface area (Å²) in [5.41, 5.74) is 3.96. The summed E-state index contributed by atoms with van der Waals surface area (Å²) in [5, 5.41) is 7.19. The molecule has 0 unspecified atom stereocenters. The van der Waals surface area contributed by atoms with E-state index in [4.69, 9.17) is 0 Å². The van der Waals surface area contributed by atoms with Crippen LogP contribution < -0.4 is 5.32 Å². The number of halogens is 1. The van der Waals surface area contributed by atoms with Gasteiger partial charge in [0.2, 0.25) is 0 Å². The van der Waals surface area contributed by atoms with Gasteiger partial charge in [-0.2, -0.15) is 0 Å². The third-order valence-corrected chi connectivity index (χ3v) is 8.62. The minimum atomic E-state index is -0.139. The lowest BCUT2D eigenvalue weighted by molar-refractivity contribution is -0.0232. The van der Waals surface area contributed by atoms with Gasteiger partial charge >= 0.3 is 0 Å². The number of H-pyrrole nitrogens is 1. The fraction of sp³-hybridized carbons (Fsp3) is 0.478. The molecule has 0 bridgehead atoms. The summed E-state index contributed by atoms with van der Waals surface area (Å²) in [6.07, 6.45) is 6.93. The highest BCUT2D eigenvalue weighted by atomic mass is 32.1. The maximum absolute atomic E-state index is 13.9. The van der Waals surface area contributed by atoms with Gasteiger partial charge in [-0.1, -0.05) is 6.07 Å². The second-order valence-corrected chi connectivity index (χ2v) is 9.72. The first-order chi connectivity index (χ1) is 13.7. The third-order valence-electron chi connectivity index (χ3n) is 7.56. The first-order valence-corrected chi connectivity index (χ1v) is 11.4. The van der Waals surface area contributed by atoms with Gasteiger partial charge in [0.15, 0.2) is 0 Å². The van der Waals surface area contributed by atoms with Crippen molar-refractivity contribution in [2.24, 2.45) is 0 Å². The van der Waals surface area contributed by atoms with Crippen LogP contribution in [0.15, 0.2) is 35.7 Å². The number of hydrogen-bond donors (Lipinski definition) is 2. The van der Waals surface area contributed by atoms with E-state index in [2.05, 4.69) is 32.7 Å². The van der Waals surface area contributed by atoms with E-state index in [1.807, 2.05) is 17.4 Å². The molecule has 5 heteroatoms. The topological polar surface area (TPSA) is 31.1 Å². The lowest BCUT2D eigenvalue weighted by Gasteiger charge is -2.55. The van der Waals surface area contributed by atoms with E-state index in [0.29, 0.717) is 0 Å². The molecule has 1 saturated carbocycles. The highest BCUT2D eigenvalue weighted by Crippen LogP contribution is 2.52. The van der Waals surface area contributed by atoms with E-state index >= 15 is 0 Å². The van der Waals surface area contributed by atoms with E-state index in [1.54, 1.807) is 12.1 Å². The highest BCUT2D eigenvalue weighted by Gasteiger charge is 2.51. The van der Waals surface area contributed by atoms with Gasteiger partial charge in [0.1, 0.15) is 5.82 Å². The molecule has 1 aromatic carbocycles. The average Bonchev–Trinajstić information content (AvgIpc) is 3.32. The highest BCUT2D eigenvalue weighted by molar-refractivity contribution is 7.10. The van der Waals surface area contributed by atoms with Crippen LogP contribution in [0.1, 0.15) is 48.2 Å². The van der Waals surface area contributed by atoms with Crippen molar-refractivity contribution in [2.45, 2.75) is 49.6 Å². The first-order valence-electron chi connectivity index (χ1n) is 10.5. The monoisotopic (exact) mass is 395 g/mol. The molecule has 0 atom stereocenters. The van der Waals surface area contributed by atoms with Crippen LogP contribution in [0.2, 0.25) is 0 Å². The molecule has 1 spiro atoms. The zero-order chi connectivity index (χ0) is 18.8. The molecule has 6 rings (SSSR count). The van der Waals surface area contributed by atoms with E-state index in [1.165, 1.54) is 48.5 Å². The number of fused-ring (bicyclic) bond motifs is 4. The van der Waals surface area contributed by atoms with Crippen molar-refractivity contribution < 1.29 is 4.39 Å². The van der Waals surface area contributed by atoms with Gasteiger partial charge in [-0.3, -0.25) is 4.90 Å². The summed E-state index contributed by atoms with van der Waals surface area (Å²) in [6, 6.07) is 9.72. The summed E-state index contributed by atoms with van der Waals surface area (Å²) in [4.78, 5) is 7.94. The van der Waals surface area contributed by atoms with Crippen LogP contribution in [0.3, 0.4) is 0 Å². The van der Waals surface area contributed by atoms with E-state index in [9.17, 15) is 4.39 Å². The Kier molecular flexibility index (Phi) is 3.78. The summed E-state index contributed by atoms with van der Waals surface area (Å²) in [5.74, 6) is -0.139. The van der Waals surface area contributed by atoms with Crippen LogP contribution in [0.25, 0.3) is 10.9 Å². The Morgan fingerprint density at radius 3 is 2.64 bits per heavy atom. The number of likely N-dealkylation sites (tertiary alicyclic amines) is 1.